The predicted octanol–water partition coefficient (Wildman–Crippen LogP) is 3.88. The lowest BCUT2D eigenvalue weighted by molar-refractivity contribution is -0.384. The molecule has 1 atom stereocenters. The van der Waals surface area contributed by atoms with Crippen molar-refractivity contribution in [3.8, 4) is 0 Å². The van der Waals surface area contributed by atoms with E-state index in [2.05, 4.69) is 10.3 Å². The number of thiophene rings is 1. The molecule has 0 aliphatic carbocycles. The van der Waals surface area contributed by atoms with E-state index in [1.54, 1.807) is 11.3 Å². The standard InChI is InChI=1S/C11H10ClN3O2S/c1-7(10-3-2-4-18-10)14-11-9(15(16)17)5-8(12)6-13-11/h2-7H,1H3,(H,13,14). The molecule has 0 aliphatic heterocycles. The quantitative estimate of drug-likeness (QED) is 0.683. The number of aromatic nitrogens is 1. The summed E-state index contributed by atoms with van der Waals surface area (Å²) in [5, 5.41) is 16.1. The molecule has 1 unspecified atom stereocenters. The van der Waals surface area contributed by atoms with E-state index in [4.69, 9.17) is 11.6 Å². The van der Waals surface area contributed by atoms with Gasteiger partial charge in [0.2, 0.25) is 5.82 Å². The van der Waals surface area contributed by atoms with E-state index in [0.717, 1.165) is 4.88 Å². The number of hydrogen-bond acceptors (Lipinski definition) is 5. The second kappa shape index (κ2) is 5.32. The van der Waals surface area contributed by atoms with Crippen LogP contribution >= 0.6 is 22.9 Å². The van der Waals surface area contributed by atoms with Gasteiger partial charge in [0.1, 0.15) is 0 Å². The zero-order chi connectivity index (χ0) is 13.1. The third-order valence-corrected chi connectivity index (χ3v) is 3.62. The number of hydrogen-bond donors (Lipinski definition) is 1. The van der Waals surface area contributed by atoms with E-state index in [0.29, 0.717) is 0 Å². The molecule has 1 N–H and O–H groups in total. The lowest BCUT2D eigenvalue weighted by Gasteiger charge is -2.12. The van der Waals surface area contributed by atoms with E-state index in [1.165, 1.54) is 12.3 Å². The summed E-state index contributed by atoms with van der Waals surface area (Å²) >= 11 is 7.29. The summed E-state index contributed by atoms with van der Waals surface area (Å²) in [4.78, 5) is 15.5. The van der Waals surface area contributed by atoms with E-state index >= 15 is 0 Å². The van der Waals surface area contributed by atoms with E-state index in [1.807, 2.05) is 24.4 Å². The maximum atomic E-state index is 10.9. The Bertz CT molecular complexity index is 559. The highest BCUT2D eigenvalue weighted by atomic mass is 35.5. The van der Waals surface area contributed by atoms with Crippen LogP contribution in [0.4, 0.5) is 11.5 Å². The lowest BCUT2D eigenvalue weighted by atomic mass is 10.2. The number of nitrogens with one attached hydrogen (secondary N) is 1. The molecule has 0 fully saturated rings. The number of halogens is 1. The zero-order valence-electron chi connectivity index (χ0n) is 9.46. The van der Waals surface area contributed by atoms with Crippen molar-refractivity contribution in [2.24, 2.45) is 0 Å². The van der Waals surface area contributed by atoms with E-state index < -0.39 is 4.92 Å². The van der Waals surface area contributed by atoms with Crippen molar-refractivity contribution in [2.75, 3.05) is 5.32 Å². The van der Waals surface area contributed by atoms with E-state index in [-0.39, 0.29) is 22.6 Å². The third-order valence-electron chi connectivity index (χ3n) is 2.35. The zero-order valence-corrected chi connectivity index (χ0v) is 11.0. The van der Waals surface area contributed by atoms with Crippen molar-refractivity contribution < 1.29 is 4.92 Å². The van der Waals surface area contributed by atoms with Crippen LogP contribution in [0.5, 0.6) is 0 Å². The molecule has 2 aromatic heterocycles. The van der Waals surface area contributed by atoms with Gasteiger partial charge in [0.15, 0.2) is 0 Å². The smallest absolute Gasteiger partial charge is 0.312 e. The average Bonchev–Trinajstić information content (AvgIpc) is 2.84. The Morgan fingerprint density at radius 2 is 2.39 bits per heavy atom. The highest BCUT2D eigenvalue weighted by molar-refractivity contribution is 7.10. The topological polar surface area (TPSA) is 68.1 Å². The molecule has 0 saturated carbocycles. The fraction of sp³-hybridized carbons (Fsp3) is 0.182. The van der Waals surface area contributed by atoms with Gasteiger partial charge in [-0.2, -0.15) is 0 Å². The van der Waals surface area contributed by atoms with Crippen molar-refractivity contribution in [3.63, 3.8) is 0 Å². The highest BCUT2D eigenvalue weighted by Crippen LogP contribution is 2.29. The van der Waals surface area contributed by atoms with Crippen molar-refractivity contribution in [2.45, 2.75) is 13.0 Å². The normalized spacial score (nSPS) is 12.1. The fourth-order valence-electron chi connectivity index (χ4n) is 1.49. The Hall–Kier alpha value is -1.66. The van der Waals surface area contributed by atoms with Crippen LogP contribution in [0.25, 0.3) is 0 Å². The van der Waals surface area contributed by atoms with Crippen LogP contribution in [-0.4, -0.2) is 9.91 Å². The molecule has 5 nitrogen and oxygen atoms in total. The van der Waals surface area contributed by atoms with Gasteiger partial charge in [0.05, 0.1) is 16.0 Å². The van der Waals surface area contributed by atoms with Crippen LogP contribution in [0.3, 0.4) is 0 Å². The Balaban J connectivity index is 2.26. The SMILES string of the molecule is CC(Nc1ncc(Cl)cc1[N+](=O)[O-])c1cccs1. The largest absolute Gasteiger partial charge is 0.357 e. The summed E-state index contributed by atoms with van der Waals surface area (Å²) in [5.74, 6) is 0.227. The molecule has 0 aliphatic rings. The number of nitro groups is 1. The average molecular weight is 284 g/mol. The minimum atomic E-state index is -0.498. The second-order valence-electron chi connectivity index (χ2n) is 3.66. The maximum Gasteiger partial charge on any atom is 0.312 e. The highest BCUT2D eigenvalue weighted by Gasteiger charge is 2.18. The van der Waals surface area contributed by atoms with Crippen LogP contribution < -0.4 is 5.32 Å². The Morgan fingerprint density at radius 1 is 1.61 bits per heavy atom. The van der Waals surface area contributed by atoms with Crippen molar-refractivity contribution >= 4 is 34.4 Å². The molecule has 0 radical (unpaired) electrons. The molecule has 2 rings (SSSR count). The molecular weight excluding hydrogens is 274 g/mol. The van der Waals surface area contributed by atoms with Gasteiger partial charge >= 0.3 is 5.69 Å². The van der Waals surface area contributed by atoms with E-state index in [9.17, 15) is 10.1 Å². The molecule has 94 valence electrons. The summed E-state index contributed by atoms with van der Waals surface area (Å²) in [6.45, 7) is 1.92. The first-order valence-electron chi connectivity index (χ1n) is 5.18. The number of rotatable bonds is 4. The van der Waals surface area contributed by atoms with Gasteiger partial charge in [-0.15, -0.1) is 11.3 Å². The Kier molecular flexibility index (Phi) is 3.78. The molecule has 2 heterocycles. The summed E-state index contributed by atoms with van der Waals surface area (Å²) in [5.41, 5.74) is -0.120. The van der Waals surface area contributed by atoms with Crippen molar-refractivity contribution in [3.05, 3.63) is 49.8 Å². The van der Waals surface area contributed by atoms with Crippen LogP contribution in [0.1, 0.15) is 17.8 Å². The molecule has 0 saturated heterocycles. The molecule has 0 amide bonds. The summed E-state index contributed by atoms with van der Waals surface area (Å²) in [7, 11) is 0. The number of anilines is 1. The molecule has 0 bridgehead atoms. The first kappa shape index (κ1) is 12.8. The molecule has 18 heavy (non-hydrogen) atoms. The fourth-order valence-corrected chi connectivity index (χ4v) is 2.38. The van der Waals surface area contributed by atoms with Crippen molar-refractivity contribution in [1.82, 2.24) is 4.98 Å². The summed E-state index contributed by atoms with van der Waals surface area (Å²) in [6, 6.07) is 5.14. The maximum absolute atomic E-state index is 10.9. The predicted molar refractivity (Wildman–Crippen MR) is 72.3 cm³/mol. The number of nitrogens with zero attached hydrogens (tertiary/aromatic N) is 2. The van der Waals surface area contributed by atoms with Crippen LogP contribution in [0.2, 0.25) is 5.02 Å². The molecule has 0 aromatic carbocycles. The van der Waals surface area contributed by atoms with Crippen LogP contribution in [0.15, 0.2) is 29.8 Å². The lowest BCUT2D eigenvalue weighted by Crippen LogP contribution is -2.08. The van der Waals surface area contributed by atoms with Gasteiger partial charge in [-0.25, -0.2) is 4.98 Å². The molecule has 2 aromatic rings. The second-order valence-corrected chi connectivity index (χ2v) is 5.08. The molecular formula is C11H10ClN3O2S. The number of pyridine rings is 1. The monoisotopic (exact) mass is 283 g/mol. The van der Waals surface area contributed by atoms with Gasteiger partial charge < -0.3 is 5.32 Å². The van der Waals surface area contributed by atoms with Gasteiger partial charge in [0.25, 0.3) is 0 Å². The van der Waals surface area contributed by atoms with Crippen LogP contribution in [0, 0.1) is 10.1 Å². The minimum Gasteiger partial charge on any atom is -0.357 e. The van der Waals surface area contributed by atoms with Gasteiger partial charge in [-0.1, -0.05) is 17.7 Å². The molecule has 0 spiro atoms. The first-order chi connectivity index (χ1) is 8.58. The molecule has 7 heteroatoms. The third kappa shape index (κ3) is 2.77. The van der Waals surface area contributed by atoms with Gasteiger partial charge in [-0.05, 0) is 18.4 Å². The van der Waals surface area contributed by atoms with Gasteiger partial charge in [0, 0.05) is 17.1 Å². The minimum absolute atomic E-state index is 0.0441. The Labute approximate surface area is 113 Å². The van der Waals surface area contributed by atoms with Gasteiger partial charge in [-0.3, -0.25) is 10.1 Å². The first-order valence-corrected chi connectivity index (χ1v) is 6.43. The summed E-state index contributed by atoms with van der Waals surface area (Å²) < 4.78 is 0. The Morgan fingerprint density at radius 3 is 3.00 bits per heavy atom. The van der Waals surface area contributed by atoms with Crippen LogP contribution in [-0.2, 0) is 0 Å². The van der Waals surface area contributed by atoms with Crippen molar-refractivity contribution in [1.29, 1.82) is 0 Å². The summed E-state index contributed by atoms with van der Waals surface area (Å²) in [6.07, 6.45) is 1.39.